The van der Waals surface area contributed by atoms with Crippen LogP contribution in [0.5, 0.6) is 0 Å². The number of hydrogen-bond donors (Lipinski definition) is 0. The highest BCUT2D eigenvalue weighted by Crippen LogP contribution is 2.20. The van der Waals surface area contributed by atoms with Crippen LogP contribution in [0.3, 0.4) is 0 Å². The summed E-state index contributed by atoms with van der Waals surface area (Å²) in [7, 11) is 1.69. The quantitative estimate of drug-likeness (QED) is 0.778. The van der Waals surface area contributed by atoms with Gasteiger partial charge in [-0.25, -0.2) is 9.38 Å². The van der Waals surface area contributed by atoms with Crippen molar-refractivity contribution < 1.29 is 9.18 Å². The fourth-order valence-electron chi connectivity index (χ4n) is 2.16. The predicted octanol–water partition coefficient (Wildman–Crippen LogP) is 3.09. The van der Waals surface area contributed by atoms with Crippen molar-refractivity contribution in [2.45, 2.75) is 0 Å². The number of hydrogen-bond acceptors (Lipinski definition) is 2. The Hall–Kier alpha value is -2.75. The van der Waals surface area contributed by atoms with E-state index in [0.29, 0.717) is 11.5 Å². The third kappa shape index (κ3) is 2.60. The van der Waals surface area contributed by atoms with Gasteiger partial charge in [-0.15, -0.1) is 0 Å². The Bertz CT molecular complexity index is 733. The van der Waals surface area contributed by atoms with Crippen LogP contribution < -0.4 is 0 Å². The number of amides is 1. The molecule has 0 atom stereocenters. The zero-order valence-corrected chi connectivity index (χ0v) is 11.5. The van der Waals surface area contributed by atoms with Gasteiger partial charge in [-0.2, -0.15) is 0 Å². The first kappa shape index (κ1) is 13.2. The molecular formula is C17H13FN2O. The number of halogens is 1. The molecule has 104 valence electrons. The topological polar surface area (TPSA) is 32.7 Å². The van der Waals surface area contributed by atoms with Crippen molar-refractivity contribution in [1.82, 2.24) is 4.90 Å². The molecule has 0 unspecified atom stereocenters. The second-order valence-corrected chi connectivity index (χ2v) is 4.75. The Morgan fingerprint density at radius 2 is 1.71 bits per heavy atom. The second kappa shape index (κ2) is 5.32. The zero-order valence-electron chi connectivity index (χ0n) is 11.5. The van der Waals surface area contributed by atoms with Gasteiger partial charge < -0.3 is 0 Å². The van der Waals surface area contributed by atoms with Gasteiger partial charge in [0.2, 0.25) is 0 Å². The van der Waals surface area contributed by atoms with E-state index in [-0.39, 0.29) is 11.7 Å². The van der Waals surface area contributed by atoms with Gasteiger partial charge in [0, 0.05) is 12.6 Å². The van der Waals surface area contributed by atoms with Gasteiger partial charge in [0.25, 0.3) is 5.91 Å². The normalized spacial score (nSPS) is 16.5. The maximum absolute atomic E-state index is 12.9. The van der Waals surface area contributed by atoms with Crippen molar-refractivity contribution in [2.75, 3.05) is 7.05 Å². The summed E-state index contributed by atoms with van der Waals surface area (Å²) in [6.45, 7) is 0. The summed E-state index contributed by atoms with van der Waals surface area (Å²) in [5, 5.41) is 0. The van der Waals surface area contributed by atoms with E-state index in [1.54, 1.807) is 25.3 Å². The van der Waals surface area contributed by atoms with Gasteiger partial charge in [-0.3, -0.25) is 9.69 Å². The zero-order chi connectivity index (χ0) is 14.8. The van der Waals surface area contributed by atoms with Gasteiger partial charge in [0.15, 0.2) is 0 Å². The largest absolute Gasteiger partial charge is 0.294 e. The van der Waals surface area contributed by atoms with Gasteiger partial charge in [-0.05, 0) is 23.8 Å². The number of benzene rings is 2. The van der Waals surface area contributed by atoms with E-state index >= 15 is 0 Å². The lowest BCUT2D eigenvalue weighted by Crippen LogP contribution is -2.28. The van der Waals surface area contributed by atoms with Crippen LogP contribution in [0.25, 0.3) is 6.08 Å². The van der Waals surface area contributed by atoms with Crippen molar-refractivity contribution >= 4 is 17.8 Å². The third-order valence-electron chi connectivity index (χ3n) is 3.27. The van der Waals surface area contributed by atoms with Crippen molar-refractivity contribution in [2.24, 2.45) is 4.99 Å². The summed E-state index contributed by atoms with van der Waals surface area (Å²) >= 11 is 0. The first-order valence-corrected chi connectivity index (χ1v) is 6.54. The minimum absolute atomic E-state index is 0.168. The molecule has 0 saturated carbocycles. The number of aliphatic imine (C=N–C) groups is 1. The minimum atomic E-state index is -0.305. The lowest BCUT2D eigenvalue weighted by molar-refractivity contribution is -0.121. The van der Waals surface area contributed by atoms with Crippen molar-refractivity contribution in [3.63, 3.8) is 0 Å². The molecule has 1 heterocycles. The van der Waals surface area contributed by atoms with Crippen LogP contribution >= 0.6 is 0 Å². The summed E-state index contributed by atoms with van der Waals surface area (Å²) in [5.74, 6) is 0.146. The Morgan fingerprint density at radius 1 is 1.05 bits per heavy atom. The monoisotopic (exact) mass is 280 g/mol. The molecule has 0 N–H and O–H groups in total. The molecule has 0 bridgehead atoms. The van der Waals surface area contributed by atoms with E-state index in [4.69, 9.17) is 0 Å². The Labute approximate surface area is 122 Å². The van der Waals surface area contributed by atoms with Crippen LogP contribution in [0, 0.1) is 5.82 Å². The molecule has 1 aliphatic rings. The Morgan fingerprint density at radius 3 is 2.38 bits per heavy atom. The smallest absolute Gasteiger partial charge is 0.277 e. The lowest BCUT2D eigenvalue weighted by atomic mass is 10.2. The number of amidine groups is 1. The molecule has 0 fully saturated rings. The van der Waals surface area contributed by atoms with Crippen LogP contribution in [0.15, 0.2) is 65.3 Å². The fourth-order valence-corrected chi connectivity index (χ4v) is 2.16. The van der Waals surface area contributed by atoms with Crippen molar-refractivity contribution in [3.8, 4) is 0 Å². The van der Waals surface area contributed by atoms with E-state index in [9.17, 15) is 9.18 Å². The first-order chi connectivity index (χ1) is 10.1. The number of rotatable bonds is 2. The van der Waals surface area contributed by atoms with Crippen molar-refractivity contribution in [1.29, 1.82) is 0 Å². The predicted molar refractivity (Wildman–Crippen MR) is 80.1 cm³/mol. The molecule has 1 amide bonds. The summed E-state index contributed by atoms with van der Waals surface area (Å²) in [6.07, 6.45) is 1.66. The molecule has 1 aliphatic heterocycles. The highest BCUT2D eigenvalue weighted by Gasteiger charge is 2.27. The molecular weight excluding hydrogens is 267 g/mol. The van der Waals surface area contributed by atoms with Crippen LogP contribution in [-0.2, 0) is 4.79 Å². The fraction of sp³-hybridized carbons (Fsp3) is 0.0588. The standard InChI is InChI=1S/C17H13FN2O/c1-20-16(13-5-3-2-4-6-13)19-15(17(20)21)11-12-7-9-14(18)10-8-12/h2-11H,1H3. The van der Waals surface area contributed by atoms with E-state index in [0.717, 1.165) is 11.1 Å². The minimum Gasteiger partial charge on any atom is -0.294 e. The number of likely N-dealkylation sites (N-methyl/N-ethyl adjacent to an activating group) is 1. The molecule has 0 aromatic heterocycles. The molecule has 0 aliphatic carbocycles. The van der Waals surface area contributed by atoms with Crippen LogP contribution in [0.2, 0.25) is 0 Å². The van der Waals surface area contributed by atoms with Crippen LogP contribution in [-0.4, -0.2) is 23.7 Å². The molecule has 4 heteroatoms. The number of carbonyl (C=O) groups excluding carboxylic acids is 1. The number of nitrogens with zero attached hydrogens (tertiary/aromatic N) is 2. The summed E-state index contributed by atoms with van der Waals surface area (Å²) < 4.78 is 12.9. The van der Waals surface area contributed by atoms with Gasteiger partial charge in [0.1, 0.15) is 17.3 Å². The molecule has 0 saturated heterocycles. The van der Waals surface area contributed by atoms with E-state index in [2.05, 4.69) is 4.99 Å². The maximum Gasteiger partial charge on any atom is 0.277 e. The van der Waals surface area contributed by atoms with Crippen LogP contribution in [0.4, 0.5) is 4.39 Å². The average molecular weight is 280 g/mol. The van der Waals surface area contributed by atoms with Crippen LogP contribution in [0.1, 0.15) is 11.1 Å². The Kier molecular flexibility index (Phi) is 3.36. The highest BCUT2D eigenvalue weighted by atomic mass is 19.1. The first-order valence-electron chi connectivity index (χ1n) is 6.54. The molecule has 3 nitrogen and oxygen atoms in total. The molecule has 0 radical (unpaired) electrons. The van der Waals surface area contributed by atoms with E-state index in [1.807, 2.05) is 30.3 Å². The molecule has 0 spiro atoms. The molecule has 2 aromatic carbocycles. The second-order valence-electron chi connectivity index (χ2n) is 4.75. The van der Waals surface area contributed by atoms with E-state index < -0.39 is 0 Å². The molecule has 2 aromatic rings. The summed E-state index contributed by atoms with van der Waals surface area (Å²) in [6, 6.07) is 15.5. The molecule has 3 rings (SSSR count). The summed E-state index contributed by atoms with van der Waals surface area (Å²) in [4.78, 5) is 18.1. The average Bonchev–Trinajstić information content (AvgIpc) is 2.79. The summed E-state index contributed by atoms with van der Waals surface area (Å²) in [5.41, 5.74) is 1.98. The molecule has 21 heavy (non-hydrogen) atoms. The maximum atomic E-state index is 12.9. The highest BCUT2D eigenvalue weighted by molar-refractivity contribution is 6.19. The van der Waals surface area contributed by atoms with Gasteiger partial charge in [-0.1, -0.05) is 42.5 Å². The lowest BCUT2D eigenvalue weighted by Gasteiger charge is -2.11. The Balaban J connectivity index is 1.98. The SMILES string of the molecule is CN1C(=O)C(=Cc2ccc(F)cc2)N=C1c1ccccc1. The van der Waals surface area contributed by atoms with Crippen molar-refractivity contribution in [3.05, 3.63) is 77.2 Å². The third-order valence-corrected chi connectivity index (χ3v) is 3.27. The van der Waals surface area contributed by atoms with E-state index in [1.165, 1.54) is 17.0 Å². The number of carbonyl (C=O) groups is 1. The van der Waals surface area contributed by atoms with Gasteiger partial charge >= 0.3 is 0 Å². The van der Waals surface area contributed by atoms with Gasteiger partial charge in [0.05, 0.1) is 0 Å².